The topological polar surface area (TPSA) is 30.5 Å². The van der Waals surface area contributed by atoms with Crippen molar-refractivity contribution in [3.8, 4) is 5.75 Å². The molecule has 0 bridgehead atoms. The van der Waals surface area contributed by atoms with Crippen LogP contribution in [-0.2, 0) is 4.74 Å². The van der Waals surface area contributed by atoms with E-state index in [1.54, 1.807) is 12.1 Å². The van der Waals surface area contributed by atoms with Crippen molar-refractivity contribution < 1.29 is 18.3 Å². The minimum absolute atomic E-state index is 0.163. The average Bonchev–Trinajstić information content (AvgIpc) is 2.72. The average molecular weight is 257 g/mol. The molecule has 1 N–H and O–H groups in total. The van der Waals surface area contributed by atoms with Gasteiger partial charge in [-0.3, -0.25) is 0 Å². The van der Waals surface area contributed by atoms with Crippen molar-refractivity contribution in [1.82, 2.24) is 0 Å². The van der Waals surface area contributed by atoms with E-state index in [2.05, 4.69) is 17.0 Å². The van der Waals surface area contributed by atoms with Gasteiger partial charge in [0.1, 0.15) is 5.75 Å². The fourth-order valence-electron chi connectivity index (χ4n) is 2.05. The van der Waals surface area contributed by atoms with Gasteiger partial charge in [0, 0.05) is 18.3 Å². The lowest BCUT2D eigenvalue weighted by Gasteiger charge is -2.14. The third-order valence-corrected chi connectivity index (χ3v) is 2.91. The molecule has 0 saturated carbocycles. The van der Waals surface area contributed by atoms with Gasteiger partial charge in [0.05, 0.1) is 12.2 Å². The number of benzene rings is 1. The third kappa shape index (κ3) is 3.84. The highest BCUT2D eigenvalue weighted by Gasteiger charge is 2.21. The Bertz CT molecular complexity index is 387. The molecule has 1 saturated heterocycles. The quantitative estimate of drug-likeness (QED) is 0.878. The monoisotopic (exact) mass is 257 g/mol. The van der Waals surface area contributed by atoms with Crippen LogP contribution in [0.2, 0.25) is 0 Å². The molecule has 0 radical (unpaired) electrons. The van der Waals surface area contributed by atoms with Crippen LogP contribution in [0.15, 0.2) is 24.3 Å². The molecule has 1 aromatic carbocycles. The van der Waals surface area contributed by atoms with E-state index in [4.69, 9.17) is 4.74 Å². The van der Waals surface area contributed by atoms with E-state index in [1.165, 1.54) is 6.07 Å². The molecular weight excluding hydrogens is 240 g/mol. The van der Waals surface area contributed by atoms with E-state index < -0.39 is 6.61 Å². The van der Waals surface area contributed by atoms with Gasteiger partial charge in [0.25, 0.3) is 0 Å². The number of alkyl halides is 2. The first kappa shape index (κ1) is 13.1. The van der Waals surface area contributed by atoms with Crippen molar-refractivity contribution in [1.29, 1.82) is 0 Å². The van der Waals surface area contributed by atoms with Gasteiger partial charge in [-0.1, -0.05) is 6.07 Å². The summed E-state index contributed by atoms with van der Waals surface area (Å²) < 4.78 is 34.1. The lowest BCUT2D eigenvalue weighted by atomic mass is 10.2. The molecule has 100 valence electrons. The molecule has 1 aromatic rings. The molecule has 1 aliphatic rings. The summed E-state index contributed by atoms with van der Waals surface area (Å²) in [6, 6.07) is 6.56. The normalized spacial score (nSPS) is 23.3. The molecule has 2 atom stereocenters. The first-order valence-corrected chi connectivity index (χ1v) is 6.07. The molecule has 2 unspecified atom stereocenters. The highest BCUT2D eigenvalue weighted by molar-refractivity contribution is 5.48. The molecule has 0 aromatic heterocycles. The van der Waals surface area contributed by atoms with Crippen LogP contribution in [0.1, 0.15) is 19.8 Å². The maximum Gasteiger partial charge on any atom is 0.387 e. The second-order valence-electron chi connectivity index (χ2n) is 4.43. The Kier molecular flexibility index (Phi) is 4.36. The predicted molar refractivity (Wildman–Crippen MR) is 65.1 cm³/mol. The lowest BCUT2D eigenvalue weighted by Crippen LogP contribution is -2.19. The van der Waals surface area contributed by atoms with Gasteiger partial charge in [-0.25, -0.2) is 0 Å². The molecule has 18 heavy (non-hydrogen) atoms. The van der Waals surface area contributed by atoms with E-state index in [1.807, 2.05) is 6.07 Å². The molecule has 1 heterocycles. The zero-order valence-electron chi connectivity index (χ0n) is 10.2. The van der Waals surface area contributed by atoms with Gasteiger partial charge in [-0.2, -0.15) is 8.78 Å². The Balaban J connectivity index is 1.85. The number of hydrogen-bond acceptors (Lipinski definition) is 3. The summed E-state index contributed by atoms with van der Waals surface area (Å²) in [5, 5.41) is 3.17. The van der Waals surface area contributed by atoms with Crippen molar-refractivity contribution in [3.63, 3.8) is 0 Å². The van der Waals surface area contributed by atoms with Crippen molar-refractivity contribution in [3.05, 3.63) is 24.3 Å². The van der Waals surface area contributed by atoms with Crippen molar-refractivity contribution in [2.45, 2.75) is 38.6 Å². The summed E-state index contributed by atoms with van der Waals surface area (Å²) in [7, 11) is 0. The largest absolute Gasteiger partial charge is 0.435 e. The fraction of sp³-hybridized carbons (Fsp3) is 0.538. The first-order valence-electron chi connectivity index (χ1n) is 6.07. The van der Waals surface area contributed by atoms with Crippen LogP contribution in [0.3, 0.4) is 0 Å². The summed E-state index contributed by atoms with van der Waals surface area (Å²) >= 11 is 0. The summed E-state index contributed by atoms with van der Waals surface area (Å²) in [5.74, 6) is 0.163. The maximum absolute atomic E-state index is 12.1. The van der Waals surface area contributed by atoms with Gasteiger partial charge in [0.15, 0.2) is 0 Å². The van der Waals surface area contributed by atoms with Crippen LogP contribution in [0.25, 0.3) is 0 Å². The van der Waals surface area contributed by atoms with Crippen LogP contribution in [0.4, 0.5) is 14.5 Å². The van der Waals surface area contributed by atoms with Crippen LogP contribution in [0, 0.1) is 0 Å². The molecule has 0 spiro atoms. The summed E-state index contributed by atoms with van der Waals surface area (Å²) in [6.45, 7) is -0.0567. The Morgan fingerprint density at radius 3 is 2.94 bits per heavy atom. The third-order valence-electron chi connectivity index (χ3n) is 2.91. The minimum Gasteiger partial charge on any atom is -0.435 e. The second-order valence-corrected chi connectivity index (χ2v) is 4.43. The highest BCUT2D eigenvalue weighted by Crippen LogP contribution is 2.22. The zero-order valence-corrected chi connectivity index (χ0v) is 10.2. The summed E-state index contributed by atoms with van der Waals surface area (Å²) in [6.07, 6.45) is 2.60. The van der Waals surface area contributed by atoms with Crippen LogP contribution < -0.4 is 10.1 Å². The Labute approximate surface area is 105 Å². The van der Waals surface area contributed by atoms with Gasteiger partial charge in [-0.05, 0) is 31.9 Å². The zero-order chi connectivity index (χ0) is 13.0. The SMILES string of the molecule is CC1CCC(CNc2cccc(OC(F)F)c2)O1. The van der Waals surface area contributed by atoms with E-state index in [0.717, 1.165) is 18.5 Å². The number of hydrogen-bond donors (Lipinski definition) is 1. The van der Waals surface area contributed by atoms with Crippen LogP contribution in [-0.4, -0.2) is 25.4 Å². The van der Waals surface area contributed by atoms with E-state index >= 15 is 0 Å². The Morgan fingerprint density at radius 2 is 2.28 bits per heavy atom. The van der Waals surface area contributed by atoms with Crippen molar-refractivity contribution in [2.75, 3.05) is 11.9 Å². The molecular formula is C13H17F2NO2. The summed E-state index contributed by atoms with van der Waals surface area (Å²) in [4.78, 5) is 0. The second kappa shape index (κ2) is 6.00. The Hall–Kier alpha value is -1.36. The lowest BCUT2D eigenvalue weighted by molar-refractivity contribution is -0.0498. The van der Waals surface area contributed by atoms with Gasteiger partial charge in [0.2, 0.25) is 0 Å². The number of nitrogens with one attached hydrogen (secondary N) is 1. The van der Waals surface area contributed by atoms with E-state index in [0.29, 0.717) is 12.6 Å². The predicted octanol–water partition coefficient (Wildman–Crippen LogP) is 3.27. The molecule has 2 rings (SSSR count). The Morgan fingerprint density at radius 1 is 1.44 bits per heavy atom. The molecule has 1 fully saturated rings. The van der Waals surface area contributed by atoms with Crippen molar-refractivity contribution in [2.24, 2.45) is 0 Å². The fourth-order valence-corrected chi connectivity index (χ4v) is 2.05. The number of ether oxygens (including phenoxy) is 2. The van der Waals surface area contributed by atoms with Gasteiger partial charge < -0.3 is 14.8 Å². The highest BCUT2D eigenvalue weighted by atomic mass is 19.3. The van der Waals surface area contributed by atoms with Crippen molar-refractivity contribution >= 4 is 5.69 Å². The standard InChI is InChI=1S/C13H17F2NO2/c1-9-5-6-12(17-9)8-16-10-3-2-4-11(7-10)18-13(14)15/h2-4,7,9,12-13,16H,5-6,8H2,1H3. The van der Waals surface area contributed by atoms with E-state index in [9.17, 15) is 8.78 Å². The van der Waals surface area contributed by atoms with Crippen LogP contribution in [0.5, 0.6) is 5.75 Å². The minimum atomic E-state index is -2.79. The summed E-state index contributed by atoms with van der Waals surface area (Å²) in [5.41, 5.74) is 0.760. The first-order chi connectivity index (χ1) is 8.63. The van der Waals surface area contributed by atoms with Crippen LogP contribution >= 0.6 is 0 Å². The van der Waals surface area contributed by atoms with Gasteiger partial charge in [-0.15, -0.1) is 0 Å². The van der Waals surface area contributed by atoms with Gasteiger partial charge >= 0.3 is 6.61 Å². The molecule has 0 amide bonds. The molecule has 1 aliphatic heterocycles. The smallest absolute Gasteiger partial charge is 0.387 e. The molecule has 5 heteroatoms. The maximum atomic E-state index is 12.1. The van der Waals surface area contributed by atoms with E-state index in [-0.39, 0.29) is 11.9 Å². The molecule has 0 aliphatic carbocycles. The number of anilines is 1. The number of rotatable bonds is 5. The number of halogens is 2. The molecule has 3 nitrogen and oxygen atoms in total.